The van der Waals surface area contributed by atoms with Gasteiger partial charge in [-0.1, -0.05) is 32.1 Å². The van der Waals surface area contributed by atoms with Crippen molar-refractivity contribution in [3.8, 4) is 5.75 Å². The molecule has 10 atom stereocenters. The highest BCUT2D eigenvalue weighted by molar-refractivity contribution is 5.96. The number of carbonyl (C=O) groups is 4. The van der Waals surface area contributed by atoms with Crippen LogP contribution in [0.4, 0.5) is 5.69 Å². The molecule has 0 radical (unpaired) electrons. The number of nitrogens with zero attached hydrogens (tertiary/aromatic N) is 3. The predicted octanol–water partition coefficient (Wildman–Crippen LogP) is 4.09. The summed E-state index contributed by atoms with van der Waals surface area (Å²) in [4.78, 5) is 64.8. The number of hydrogen-bond acceptors (Lipinski definition) is 13. The number of H-pyrrole nitrogens is 1. The average molecular weight is 881 g/mol. The maximum atomic E-state index is 15.5. The molecule has 2 bridgehead atoms. The third kappa shape index (κ3) is 5.99. The summed E-state index contributed by atoms with van der Waals surface area (Å²) in [6.45, 7) is 8.20. The van der Waals surface area contributed by atoms with Gasteiger partial charge in [-0.05, 0) is 92.0 Å². The predicted molar refractivity (Wildman–Crippen MR) is 237 cm³/mol. The maximum absolute atomic E-state index is 15.5. The summed E-state index contributed by atoms with van der Waals surface area (Å²) in [7, 11) is 6.01. The topological polar surface area (TPSA) is 191 Å². The molecule has 6 heterocycles. The number of aromatic amines is 1. The molecular formula is C49H60N4O11. The Bertz CT molecular complexity index is 2500. The number of carboxylic acids is 1. The molecule has 1 aliphatic carbocycles. The molecule has 15 heteroatoms. The van der Waals surface area contributed by atoms with Crippen LogP contribution in [-0.4, -0.2) is 144 Å². The lowest BCUT2D eigenvalue weighted by Crippen LogP contribution is -2.81. The number of fused-ring (bicyclic) bond motifs is 6. The molecule has 2 saturated heterocycles. The molecular weight excluding hydrogens is 821 g/mol. The second-order valence-corrected chi connectivity index (χ2v) is 19.1. The maximum Gasteiger partial charge on any atom is 0.344 e. The van der Waals surface area contributed by atoms with Crippen LogP contribution in [0.2, 0.25) is 0 Å². The number of aromatic nitrogens is 1. The van der Waals surface area contributed by atoms with Gasteiger partial charge >= 0.3 is 23.9 Å². The summed E-state index contributed by atoms with van der Waals surface area (Å²) in [6.07, 6.45) is 8.06. The van der Waals surface area contributed by atoms with E-state index in [0.717, 1.165) is 28.1 Å². The van der Waals surface area contributed by atoms with E-state index in [2.05, 4.69) is 20.9 Å². The Balaban J connectivity index is 1.36. The monoisotopic (exact) mass is 880 g/mol. The highest BCUT2D eigenvalue weighted by atomic mass is 16.6. The van der Waals surface area contributed by atoms with E-state index in [0.29, 0.717) is 93.1 Å². The standard InChI is InChI=1S/C49H60N4O11/c1-8-45(59)24-30-25-48(43(57)62-6,39-31(15-19-52(26-30)27-45)32-21-29(12-14-38(55)56)11-13-35(32)50-39)34-22-33-36(23-37(34)61-5)51(4)41-47(33)17-20-53-18-10-16-46(9-2,40(47)53)42(64-28(3)54)49(41,60)44(58)63-7/h10-14,16,21-23,30,40-42,50,59-60H,8-9,15,17-20,24-27H2,1-7H3,(H,55,56)/b14-12+/t30-,40+,41-,42-,45+,46-,47-,48+,49+/m1/s1. The third-order valence-electron chi connectivity index (χ3n) is 16.1. The van der Waals surface area contributed by atoms with Gasteiger partial charge in [0.1, 0.15) is 11.2 Å². The third-order valence-corrected chi connectivity index (χ3v) is 16.1. The van der Waals surface area contributed by atoms with Crippen LogP contribution in [0.3, 0.4) is 0 Å². The van der Waals surface area contributed by atoms with E-state index in [4.69, 9.17) is 18.9 Å². The van der Waals surface area contributed by atoms with Crippen LogP contribution >= 0.6 is 0 Å². The summed E-state index contributed by atoms with van der Waals surface area (Å²) >= 11 is 0. The first-order chi connectivity index (χ1) is 30.5. The molecule has 15 nitrogen and oxygen atoms in total. The zero-order chi connectivity index (χ0) is 45.7. The number of methoxy groups -OCH3 is 3. The summed E-state index contributed by atoms with van der Waals surface area (Å²) in [5.41, 5.74) is -1.93. The molecule has 1 saturated carbocycles. The molecule has 0 amide bonds. The summed E-state index contributed by atoms with van der Waals surface area (Å²) in [5.74, 6) is -2.93. The first-order valence-corrected chi connectivity index (χ1v) is 22.5. The number of anilines is 1. The molecule has 64 heavy (non-hydrogen) atoms. The lowest BCUT2D eigenvalue weighted by molar-refractivity contribution is -0.228. The number of hydrogen-bond donors (Lipinski definition) is 4. The van der Waals surface area contributed by atoms with Crippen molar-refractivity contribution in [1.82, 2.24) is 14.8 Å². The number of nitrogens with one attached hydrogen (secondary N) is 1. The van der Waals surface area contributed by atoms with Crippen molar-refractivity contribution in [3.63, 3.8) is 0 Å². The molecule has 1 spiro atoms. The second-order valence-electron chi connectivity index (χ2n) is 19.1. The minimum absolute atomic E-state index is 0.183. The Morgan fingerprint density at radius 2 is 1.72 bits per heavy atom. The molecule has 2 aromatic carbocycles. The Morgan fingerprint density at radius 3 is 2.39 bits per heavy atom. The number of rotatable bonds is 9. The highest BCUT2D eigenvalue weighted by Crippen LogP contribution is 2.68. The molecule has 1 aromatic heterocycles. The van der Waals surface area contributed by atoms with Crippen LogP contribution in [0.15, 0.2) is 48.6 Å². The van der Waals surface area contributed by atoms with E-state index in [9.17, 15) is 29.7 Å². The number of ether oxygens (including phenoxy) is 4. The summed E-state index contributed by atoms with van der Waals surface area (Å²) in [6, 6.07) is 8.29. The quantitative estimate of drug-likeness (QED) is 0.104. The number of likely N-dealkylation sites (N-methyl/N-ethyl adjacent to an activating group) is 1. The molecule has 9 rings (SSSR count). The SMILES string of the molecule is CC[C@]1(O)C[C@H]2CN(CCc3c([nH]c4ccc(/C=C/C(=O)O)cc34)[C@@](C(=O)OC)(c3cc4c(cc3OC)N(C)[C@H]3[C@@](O)(C(=O)OC)[C@H](OC(C)=O)[C@]5(CC)C=CCN6CC[C@]43[C@@H]65)C2)C1. The van der Waals surface area contributed by atoms with Crippen molar-refractivity contribution in [2.45, 2.75) is 99.5 Å². The van der Waals surface area contributed by atoms with Crippen molar-refractivity contribution in [2.75, 3.05) is 66.0 Å². The van der Waals surface area contributed by atoms with E-state index >= 15 is 4.79 Å². The van der Waals surface area contributed by atoms with Gasteiger partial charge < -0.3 is 44.2 Å². The molecule has 3 fully saturated rings. The normalized spacial score (nSPS) is 35.1. The number of carboxylic acid groups (broad SMARTS) is 1. The fourth-order valence-electron chi connectivity index (χ4n) is 13.8. The molecule has 3 aromatic rings. The summed E-state index contributed by atoms with van der Waals surface area (Å²) in [5, 5.41) is 35.8. The fourth-order valence-corrected chi connectivity index (χ4v) is 13.8. The molecule has 342 valence electrons. The van der Waals surface area contributed by atoms with E-state index < -0.39 is 63.5 Å². The fraction of sp³-hybridized carbons (Fsp3) is 0.551. The lowest BCUT2D eigenvalue weighted by Gasteiger charge is -2.63. The van der Waals surface area contributed by atoms with Crippen molar-refractivity contribution < 1.29 is 53.4 Å². The van der Waals surface area contributed by atoms with Gasteiger partial charge in [0.05, 0.1) is 33.0 Å². The van der Waals surface area contributed by atoms with E-state index in [1.165, 1.54) is 21.1 Å². The van der Waals surface area contributed by atoms with Crippen LogP contribution < -0.4 is 9.64 Å². The first kappa shape index (κ1) is 44.0. The minimum atomic E-state index is -2.35. The van der Waals surface area contributed by atoms with Crippen LogP contribution in [0, 0.1) is 11.3 Å². The molecule has 4 N–H and O–H groups in total. The smallest absolute Gasteiger partial charge is 0.344 e. The first-order valence-electron chi connectivity index (χ1n) is 22.5. The Morgan fingerprint density at radius 1 is 0.953 bits per heavy atom. The van der Waals surface area contributed by atoms with Gasteiger partial charge in [-0.2, -0.15) is 0 Å². The van der Waals surface area contributed by atoms with Gasteiger partial charge in [0.15, 0.2) is 6.10 Å². The number of esters is 3. The molecule has 5 aliphatic heterocycles. The Labute approximate surface area is 373 Å². The minimum Gasteiger partial charge on any atom is -0.496 e. The van der Waals surface area contributed by atoms with Crippen molar-refractivity contribution in [2.24, 2.45) is 11.3 Å². The lowest BCUT2D eigenvalue weighted by atomic mass is 9.47. The van der Waals surface area contributed by atoms with Gasteiger partial charge in [0.2, 0.25) is 5.60 Å². The van der Waals surface area contributed by atoms with E-state index in [1.54, 1.807) is 13.2 Å². The number of carbonyl (C=O) groups excluding carboxylic acids is 3. The van der Waals surface area contributed by atoms with Crippen LogP contribution in [0.1, 0.15) is 80.8 Å². The number of aliphatic hydroxyl groups is 2. The Kier molecular flexibility index (Phi) is 10.6. The van der Waals surface area contributed by atoms with E-state index in [-0.39, 0.29) is 18.4 Å². The second kappa shape index (κ2) is 15.5. The number of aliphatic carboxylic acids is 1. The van der Waals surface area contributed by atoms with Crippen LogP contribution in [-0.2, 0) is 50.6 Å². The summed E-state index contributed by atoms with van der Waals surface area (Å²) < 4.78 is 24.0. The zero-order valence-corrected chi connectivity index (χ0v) is 37.7. The molecule has 1 unspecified atom stereocenters. The number of benzene rings is 2. The highest BCUT2D eigenvalue weighted by Gasteiger charge is 2.80. The number of piperidine rings is 1. The Hall–Kier alpha value is -5.22. The van der Waals surface area contributed by atoms with Crippen molar-refractivity contribution in [1.29, 1.82) is 0 Å². The van der Waals surface area contributed by atoms with Crippen LogP contribution in [0.5, 0.6) is 5.75 Å². The van der Waals surface area contributed by atoms with Gasteiger partial charge in [-0.3, -0.25) is 19.4 Å². The van der Waals surface area contributed by atoms with Crippen molar-refractivity contribution >= 4 is 46.5 Å². The zero-order valence-electron chi connectivity index (χ0n) is 37.7. The van der Waals surface area contributed by atoms with Gasteiger partial charge in [0, 0.05) is 97.0 Å². The van der Waals surface area contributed by atoms with Gasteiger partial charge in [0.25, 0.3) is 0 Å². The van der Waals surface area contributed by atoms with E-state index in [1.807, 2.05) is 62.2 Å². The van der Waals surface area contributed by atoms with Crippen molar-refractivity contribution in [3.05, 3.63) is 76.5 Å². The average Bonchev–Trinajstić information content (AvgIpc) is 3.94. The van der Waals surface area contributed by atoms with Gasteiger partial charge in [-0.15, -0.1) is 0 Å². The molecule has 6 aliphatic rings. The van der Waals surface area contributed by atoms with Gasteiger partial charge in [-0.25, -0.2) is 9.59 Å². The van der Waals surface area contributed by atoms with Crippen LogP contribution in [0.25, 0.3) is 17.0 Å². The largest absolute Gasteiger partial charge is 0.496 e.